The Morgan fingerprint density at radius 3 is 3.13 bits per heavy atom. The molecule has 2 aromatic heterocycles. The van der Waals surface area contributed by atoms with Gasteiger partial charge in [0.1, 0.15) is 5.01 Å². The minimum atomic E-state index is -0.364. The highest BCUT2D eigenvalue weighted by molar-refractivity contribution is 7.11. The van der Waals surface area contributed by atoms with Crippen LogP contribution in [0.15, 0.2) is 6.20 Å². The number of thiazole rings is 1. The smallest absolute Gasteiger partial charge is 0.293 e. The second kappa shape index (κ2) is 4.13. The summed E-state index contributed by atoms with van der Waals surface area (Å²) in [5.41, 5.74) is 0. The molecule has 0 atom stereocenters. The molecule has 7 nitrogen and oxygen atoms in total. The Balaban J connectivity index is 1.91. The monoisotopic (exact) mass is 224 g/mol. The normalized spacial score (nSPS) is 10.2. The van der Waals surface area contributed by atoms with E-state index in [0.29, 0.717) is 6.54 Å². The van der Waals surface area contributed by atoms with Crippen LogP contribution in [0.3, 0.4) is 0 Å². The lowest BCUT2D eigenvalue weighted by molar-refractivity contribution is 0.0940. The molecule has 0 unspecified atom stereocenters. The topological polar surface area (TPSA) is 96.5 Å². The van der Waals surface area contributed by atoms with Crippen LogP contribution in [0.25, 0.3) is 0 Å². The van der Waals surface area contributed by atoms with Crippen molar-refractivity contribution >= 4 is 17.2 Å². The van der Waals surface area contributed by atoms with Crippen molar-refractivity contribution in [1.82, 2.24) is 30.9 Å². The van der Waals surface area contributed by atoms with E-state index in [9.17, 15) is 4.79 Å². The van der Waals surface area contributed by atoms with Crippen LogP contribution in [-0.2, 0) is 6.54 Å². The second-order valence-corrected chi connectivity index (χ2v) is 4.10. The largest absolute Gasteiger partial charge is 0.343 e. The molecule has 2 heterocycles. The predicted molar refractivity (Wildman–Crippen MR) is 52.2 cm³/mol. The highest BCUT2D eigenvalue weighted by Crippen LogP contribution is 2.10. The van der Waals surface area contributed by atoms with Gasteiger partial charge in [-0.2, -0.15) is 5.21 Å². The molecule has 2 aromatic rings. The molecule has 2 N–H and O–H groups in total. The minimum absolute atomic E-state index is 0.0308. The van der Waals surface area contributed by atoms with Gasteiger partial charge >= 0.3 is 0 Å². The van der Waals surface area contributed by atoms with E-state index >= 15 is 0 Å². The van der Waals surface area contributed by atoms with Crippen molar-refractivity contribution in [3.05, 3.63) is 21.9 Å². The highest BCUT2D eigenvalue weighted by Gasteiger charge is 2.10. The summed E-state index contributed by atoms with van der Waals surface area (Å²) >= 11 is 1.54. The summed E-state index contributed by atoms with van der Waals surface area (Å²) in [6.07, 6.45) is 1.76. The van der Waals surface area contributed by atoms with E-state index in [4.69, 9.17) is 0 Å². The lowest BCUT2D eigenvalue weighted by atomic mass is 10.5. The number of rotatable bonds is 3. The molecule has 0 aliphatic heterocycles. The van der Waals surface area contributed by atoms with Gasteiger partial charge < -0.3 is 5.32 Å². The summed E-state index contributed by atoms with van der Waals surface area (Å²) < 4.78 is 0. The van der Waals surface area contributed by atoms with Gasteiger partial charge in [-0.1, -0.05) is 0 Å². The molecule has 0 bridgehead atoms. The molecule has 2 rings (SSSR count). The van der Waals surface area contributed by atoms with E-state index in [1.54, 1.807) is 6.20 Å². The summed E-state index contributed by atoms with van der Waals surface area (Å²) in [6.45, 7) is 2.34. The standard InChI is InChI=1S/C7H8N6OS/c1-4-2-8-5(15-4)3-9-7(14)6-10-12-13-11-6/h2H,3H2,1H3,(H,9,14)(H,10,11,12,13). The van der Waals surface area contributed by atoms with Crippen LogP contribution < -0.4 is 5.32 Å². The maximum atomic E-state index is 11.4. The zero-order valence-electron chi connectivity index (χ0n) is 7.89. The number of hydrogen-bond acceptors (Lipinski definition) is 6. The number of nitrogens with zero attached hydrogens (tertiary/aromatic N) is 4. The number of aryl methyl sites for hydroxylation is 1. The Bertz CT molecular complexity index is 450. The number of H-pyrrole nitrogens is 1. The van der Waals surface area contributed by atoms with E-state index in [1.165, 1.54) is 11.3 Å². The summed E-state index contributed by atoms with van der Waals surface area (Å²) in [5, 5.41) is 16.1. The number of aromatic amines is 1. The van der Waals surface area contributed by atoms with Crippen LogP contribution in [0, 0.1) is 6.92 Å². The van der Waals surface area contributed by atoms with Crippen molar-refractivity contribution in [2.24, 2.45) is 0 Å². The van der Waals surface area contributed by atoms with E-state index in [2.05, 4.69) is 30.9 Å². The van der Waals surface area contributed by atoms with Crippen molar-refractivity contribution in [3.63, 3.8) is 0 Å². The molecule has 0 saturated carbocycles. The zero-order valence-corrected chi connectivity index (χ0v) is 8.71. The average Bonchev–Trinajstić information content (AvgIpc) is 2.84. The van der Waals surface area contributed by atoms with Gasteiger partial charge in [0, 0.05) is 11.1 Å². The summed E-state index contributed by atoms with van der Waals surface area (Å²) in [7, 11) is 0. The fraction of sp³-hybridized carbons (Fsp3) is 0.286. The molecule has 78 valence electrons. The van der Waals surface area contributed by atoms with Crippen molar-refractivity contribution < 1.29 is 4.79 Å². The van der Waals surface area contributed by atoms with Crippen molar-refractivity contribution in [1.29, 1.82) is 0 Å². The van der Waals surface area contributed by atoms with E-state index in [1.807, 2.05) is 6.92 Å². The molecule has 1 amide bonds. The first kappa shape index (κ1) is 9.71. The number of nitrogens with one attached hydrogen (secondary N) is 2. The Morgan fingerprint density at radius 1 is 1.67 bits per heavy atom. The number of hydrogen-bond donors (Lipinski definition) is 2. The van der Waals surface area contributed by atoms with Crippen molar-refractivity contribution in [3.8, 4) is 0 Å². The molecular weight excluding hydrogens is 216 g/mol. The number of aromatic nitrogens is 5. The molecule has 0 saturated heterocycles. The second-order valence-electron chi connectivity index (χ2n) is 2.78. The molecule has 0 fully saturated rings. The van der Waals surface area contributed by atoms with Gasteiger partial charge in [-0.3, -0.25) is 4.79 Å². The SMILES string of the molecule is Cc1cnc(CNC(=O)c2nn[nH]n2)s1. The van der Waals surface area contributed by atoms with Crippen LogP contribution in [0.5, 0.6) is 0 Å². The maximum Gasteiger partial charge on any atom is 0.293 e. The Morgan fingerprint density at radius 2 is 2.53 bits per heavy atom. The first-order valence-electron chi connectivity index (χ1n) is 4.18. The average molecular weight is 224 g/mol. The third-order valence-corrected chi connectivity index (χ3v) is 2.53. The van der Waals surface area contributed by atoms with Crippen molar-refractivity contribution in [2.75, 3.05) is 0 Å². The van der Waals surface area contributed by atoms with Gasteiger partial charge in [-0.05, 0) is 12.1 Å². The molecule has 0 spiro atoms. The van der Waals surface area contributed by atoms with Gasteiger partial charge in [0.25, 0.3) is 11.7 Å². The van der Waals surface area contributed by atoms with E-state index in [0.717, 1.165) is 9.88 Å². The van der Waals surface area contributed by atoms with Gasteiger partial charge in [0.2, 0.25) is 0 Å². The van der Waals surface area contributed by atoms with Crippen LogP contribution in [-0.4, -0.2) is 31.5 Å². The van der Waals surface area contributed by atoms with Gasteiger partial charge in [-0.15, -0.1) is 21.5 Å². The minimum Gasteiger partial charge on any atom is -0.343 e. The molecule has 0 aliphatic carbocycles. The Kier molecular flexibility index (Phi) is 2.68. The molecule has 0 aliphatic rings. The summed E-state index contributed by atoms with van der Waals surface area (Å²) in [4.78, 5) is 16.6. The number of tetrazole rings is 1. The molecule has 0 aromatic carbocycles. The Labute approximate surface area is 88.9 Å². The number of carbonyl (C=O) groups is 1. The van der Waals surface area contributed by atoms with Gasteiger partial charge in [0.05, 0.1) is 6.54 Å². The first-order chi connectivity index (χ1) is 7.25. The van der Waals surface area contributed by atoms with Crippen LogP contribution in [0.2, 0.25) is 0 Å². The predicted octanol–water partition coefficient (Wildman–Crippen LogP) is -0.105. The first-order valence-corrected chi connectivity index (χ1v) is 5.00. The third-order valence-electron chi connectivity index (χ3n) is 1.62. The van der Waals surface area contributed by atoms with E-state index < -0.39 is 0 Å². The number of amides is 1. The Hall–Kier alpha value is -1.83. The zero-order chi connectivity index (χ0) is 10.7. The fourth-order valence-corrected chi connectivity index (χ4v) is 1.70. The molecular formula is C7H8N6OS. The third kappa shape index (κ3) is 2.34. The number of carbonyl (C=O) groups excluding carboxylic acids is 1. The van der Waals surface area contributed by atoms with Crippen LogP contribution in [0.4, 0.5) is 0 Å². The molecule has 15 heavy (non-hydrogen) atoms. The lowest BCUT2D eigenvalue weighted by Gasteiger charge is -1.97. The highest BCUT2D eigenvalue weighted by atomic mass is 32.1. The fourth-order valence-electron chi connectivity index (χ4n) is 0.976. The van der Waals surface area contributed by atoms with Crippen LogP contribution in [0.1, 0.15) is 20.5 Å². The molecule has 8 heteroatoms. The summed E-state index contributed by atoms with van der Waals surface area (Å²) in [5.74, 6) is -0.333. The van der Waals surface area contributed by atoms with Crippen LogP contribution >= 0.6 is 11.3 Å². The van der Waals surface area contributed by atoms with Gasteiger partial charge in [0.15, 0.2) is 0 Å². The molecule has 0 radical (unpaired) electrons. The van der Waals surface area contributed by atoms with Crippen molar-refractivity contribution in [2.45, 2.75) is 13.5 Å². The van der Waals surface area contributed by atoms with E-state index in [-0.39, 0.29) is 11.7 Å². The van der Waals surface area contributed by atoms with Gasteiger partial charge in [-0.25, -0.2) is 4.98 Å². The lowest BCUT2D eigenvalue weighted by Crippen LogP contribution is -2.23. The summed E-state index contributed by atoms with van der Waals surface area (Å²) in [6, 6.07) is 0. The maximum absolute atomic E-state index is 11.4. The quantitative estimate of drug-likeness (QED) is 0.758.